The van der Waals surface area contributed by atoms with E-state index in [0.29, 0.717) is 5.39 Å². The SMILES string of the molecule is Fc1cc2ccc3ccc(F)c4ccc(c1)c2c34. The zero-order valence-corrected chi connectivity index (χ0v) is 9.37. The lowest BCUT2D eigenvalue weighted by Gasteiger charge is -2.11. The van der Waals surface area contributed by atoms with E-state index in [4.69, 9.17) is 0 Å². The molecule has 4 aromatic rings. The maximum atomic E-state index is 13.8. The minimum Gasteiger partial charge on any atom is -0.207 e. The summed E-state index contributed by atoms with van der Waals surface area (Å²) in [5.74, 6) is -0.498. The fourth-order valence-electron chi connectivity index (χ4n) is 2.75. The summed E-state index contributed by atoms with van der Waals surface area (Å²) in [5, 5.41) is 5.02. The van der Waals surface area contributed by atoms with Crippen molar-refractivity contribution in [3.63, 3.8) is 0 Å². The summed E-state index contributed by atoms with van der Waals surface area (Å²) in [6, 6.07) is 13.5. The van der Waals surface area contributed by atoms with Gasteiger partial charge in [-0.1, -0.05) is 30.3 Å². The summed E-state index contributed by atoms with van der Waals surface area (Å²) < 4.78 is 27.3. The Hall–Kier alpha value is -2.22. The van der Waals surface area contributed by atoms with Crippen molar-refractivity contribution < 1.29 is 8.78 Å². The van der Waals surface area contributed by atoms with Crippen LogP contribution in [-0.2, 0) is 0 Å². The Morgan fingerprint density at radius 3 is 2.00 bits per heavy atom. The third kappa shape index (κ3) is 1.12. The number of rotatable bonds is 0. The minimum atomic E-state index is -0.263. The first-order valence-corrected chi connectivity index (χ1v) is 5.76. The molecule has 0 saturated heterocycles. The Kier molecular flexibility index (Phi) is 1.72. The van der Waals surface area contributed by atoms with Crippen LogP contribution in [0.1, 0.15) is 0 Å². The van der Waals surface area contributed by atoms with E-state index in [-0.39, 0.29) is 11.6 Å². The van der Waals surface area contributed by atoms with Gasteiger partial charge in [0, 0.05) is 10.8 Å². The zero-order valence-electron chi connectivity index (χ0n) is 9.37. The standard InChI is InChI=1S/C16H8F2/c17-12-7-10-2-1-9-4-6-14(18)13-5-3-11(8-12)15(10)16(9)13/h1-8H. The molecule has 0 saturated carbocycles. The van der Waals surface area contributed by atoms with Crippen LogP contribution < -0.4 is 0 Å². The van der Waals surface area contributed by atoms with Gasteiger partial charge in [0.2, 0.25) is 0 Å². The first kappa shape index (κ1) is 9.77. The van der Waals surface area contributed by atoms with Gasteiger partial charge < -0.3 is 0 Å². The van der Waals surface area contributed by atoms with Crippen LogP contribution in [-0.4, -0.2) is 0 Å². The average molecular weight is 238 g/mol. The Morgan fingerprint density at radius 2 is 1.22 bits per heavy atom. The largest absolute Gasteiger partial charge is 0.207 e. The summed E-state index contributed by atoms with van der Waals surface area (Å²) in [6.45, 7) is 0. The van der Waals surface area contributed by atoms with Crippen LogP contribution in [0, 0.1) is 11.6 Å². The Morgan fingerprint density at radius 1 is 0.611 bits per heavy atom. The molecule has 0 spiro atoms. The monoisotopic (exact) mass is 238 g/mol. The Balaban J connectivity index is 2.44. The molecule has 0 aromatic heterocycles. The van der Waals surface area contributed by atoms with Gasteiger partial charge in [0.15, 0.2) is 0 Å². The van der Waals surface area contributed by atoms with Crippen molar-refractivity contribution in [3.05, 3.63) is 60.2 Å². The quantitative estimate of drug-likeness (QED) is 0.384. The molecule has 0 atom stereocenters. The van der Waals surface area contributed by atoms with Crippen molar-refractivity contribution >= 4 is 32.3 Å². The van der Waals surface area contributed by atoms with E-state index in [1.54, 1.807) is 18.2 Å². The normalized spacial score (nSPS) is 11.9. The maximum absolute atomic E-state index is 13.8. The molecule has 0 aliphatic rings. The van der Waals surface area contributed by atoms with Crippen LogP contribution >= 0.6 is 0 Å². The van der Waals surface area contributed by atoms with Crippen LogP contribution in [0.5, 0.6) is 0 Å². The topological polar surface area (TPSA) is 0 Å². The van der Waals surface area contributed by atoms with Crippen molar-refractivity contribution in [2.24, 2.45) is 0 Å². The molecule has 4 rings (SSSR count). The van der Waals surface area contributed by atoms with Gasteiger partial charge in [0.1, 0.15) is 11.6 Å². The molecular weight excluding hydrogens is 230 g/mol. The van der Waals surface area contributed by atoms with Crippen molar-refractivity contribution in [2.45, 2.75) is 0 Å². The lowest BCUT2D eigenvalue weighted by Crippen LogP contribution is -1.87. The number of hydrogen-bond donors (Lipinski definition) is 0. The van der Waals surface area contributed by atoms with Gasteiger partial charge >= 0.3 is 0 Å². The molecule has 2 heteroatoms. The van der Waals surface area contributed by atoms with E-state index < -0.39 is 0 Å². The second kappa shape index (κ2) is 3.16. The zero-order chi connectivity index (χ0) is 12.3. The summed E-state index contributed by atoms with van der Waals surface area (Å²) >= 11 is 0. The summed E-state index contributed by atoms with van der Waals surface area (Å²) in [6.07, 6.45) is 0. The molecule has 0 fully saturated rings. The molecule has 0 bridgehead atoms. The van der Waals surface area contributed by atoms with Gasteiger partial charge in [0.05, 0.1) is 0 Å². The number of hydrogen-bond acceptors (Lipinski definition) is 0. The van der Waals surface area contributed by atoms with Crippen LogP contribution in [0.15, 0.2) is 48.5 Å². The lowest BCUT2D eigenvalue weighted by atomic mass is 9.94. The van der Waals surface area contributed by atoms with Crippen molar-refractivity contribution in [1.29, 1.82) is 0 Å². The van der Waals surface area contributed by atoms with Crippen LogP contribution in [0.25, 0.3) is 32.3 Å². The summed E-state index contributed by atoms with van der Waals surface area (Å²) in [5.41, 5.74) is 0. The molecule has 0 heterocycles. The van der Waals surface area contributed by atoms with Gasteiger partial charge in [-0.3, -0.25) is 0 Å². The summed E-state index contributed by atoms with van der Waals surface area (Å²) in [7, 11) is 0. The highest BCUT2D eigenvalue weighted by Gasteiger charge is 2.11. The van der Waals surface area contributed by atoms with Crippen molar-refractivity contribution in [2.75, 3.05) is 0 Å². The van der Waals surface area contributed by atoms with E-state index in [1.807, 2.05) is 12.1 Å². The van der Waals surface area contributed by atoms with Gasteiger partial charge in [-0.25, -0.2) is 8.78 Å². The fraction of sp³-hybridized carbons (Fsp3) is 0. The van der Waals surface area contributed by atoms with Crippen LogP contribution in [0.4, 0.5) is 8.78 Å². The average Bonchev–Trinajstić information content (AvgIpc) is 2.37. The third-order valence-corrected chi connectivity index (χ3v) is 3.51. The van der Waals surface area contributed by atoms with Crippen LogP contribution in [0.2, 0.25) is 0 Å². The highest BCUT2D eigenvalue weighted by Crippen LogP contribution is 2.35. The first-order chi connectivity index (χ1) is 8.74. The van der Waals surface area contributed by atoms with Gasteiger partial charge in [-0.15, -0.1) is 0 Å². The molecule has 0 nitrogen and oxygen atoms in total. The third-order valence-electron chi connectivity index (χ3n) is 3.51. The van der Waals surface area contributed by atoms with Gasteiger partial charge in [0.25, 0.3) is 0 Å². The minimum absolute atomic E-state index is 0.235. The van der Waals surface area contributed by atoms with Gasteiger partial charge in [-0.2, -0.15) is 0 Å². The van der Waals surface area contributed by atoms with Crippen molar-refractivity contribution in [1.82, 2.24) is 0 Å². The molecule has 86 valence electrons. The number of benzene rings is 4. The first-order valence-electron chi connectivity index (χ1n) is 5.76. The smallest absolute Gasteiger partial charge is 0.131 e. The molecule has 0 aliphatic carbocycles. The number of halogens is 2. The van der Waals surface area contributed by atoms with Crippen LogP contribution in [0.3, 0.4) is 0 Å². The highest BCUT2D eigenvalue weighted by molar-refractivity contribution is 6.22. The second-order valence-electron chi connectivity index (χ2n) is 4.55. The van der Waals surface area contributed by atoms with Gasteiger partial charge in [-0.05, 0) is 39.7 Å². The van der Waals surface area contributed by atoms with Crippen molar-refractivity contribution in [3.8, 4) is 0 Å². The molecule has 0 aliphatic heterocycles. The van der Waals surface area contributed by atoms with E-state index in [0.717, 1.165) is 26.9 Å². The highest BCUT2D eigenvalue weighted by atomic mass is 19.1. The molecule has 0 amide bonds. The second-order valence-corrected chi connectivity index (χ2v) is 4.55. The molecular formula is C16H8F2. The molecule has 0 unspecified atom stereocenters. The summed E-state index contributed by atoms with van der Waals surface area (Å²) in [4.78, 5) is 0. The predicted molar refractivity (Wildman–Crippen MR) is 70.1 cm³/mol. The van der Waals surface area contributed by atoms with E-state index in [2.05, 4.69) is 0 Å². The predicted octanol–water partition coefficient (Wildman–Crippen LogP) is 4.86. The maximum Gasteiger partial charge on any atom is 0.131 e. The van der Waals surface area contributed by atoms with E-state index >= 15 is 0 Å². The lowest BCUT2D eigenvalue weighted by molar-refractivity contribution is 0.631. The molecule has 4 aromatic carbocycles. The molecule has 0 N–H and O–H groups in total. The molecule has 0 radical (unpaired) electrons. The van der Waals surface area contributed by atoms with E-state index in [9.17, 15) is 8.78 Å². The fourth-order valence-corrected chi connectivity index (χ4v) is 2.75. The Bertz CT molecular complexity index is 875. The Labute approximate surface area is 102 Å². The van der Waals surface area contributed by atoms with E-state index in [1.165, 1.54) is 18.2 Å². The molecule has 18 heavy (non-hydrogen) atoms.